The molecule has 0 aromatic carbocycles. The summed E-state index contributed by atoms with van der Waals surface area (Å²) in [5.74, 6) is 0. The third kappa shape index (κ3) is 3.19. The van der Waals surface area contributed by atoms with Gasteiger partial charge in [-0.1, -0.05) is 0 Å². The van der Waals surface area contributed by atoms with Crippen molar-refractivity contribution in [1.82, 2.24) is 19.6 Å². The summed E-state index contributed by atoms with van der Waals surface area (Å²) in [6, 6.07) is 3.18. The summed E-state index contributed by atoms with van der Waals surface area (Å²) in [7, 11) is 6.34. The largest absolute Gasteiger partial charge is 0.472 e. The van der Waals surface area contributed by atoms with Gasteiger partial charge in [-0.25, -0.2) is 0 Å². The number of aromatic nitrogens is 2. The summed E-state index contributed by atoms with van der Waals surface area (Å²) >= 11 is 0. The number of hydrogen-bond donors (Lipinski definition) is 0. The lowest BCUT2D eigenvalue weighted by atomic mass is 10.0. The third-order valence-electron chi connectivity index (χ3n) is 4.46. The third-order valence-corrected chi connectivity index (χ3v) is 4.46. The van der Waals surface area contributed by atoms with Crippen LogP contribution in [0.2, 0.25) is 0 Å². The van der Waals surface area contributed by atoms with Crippen molar-refractivity contribution in [3.8, 4) is 0 Å². The molecule has 114 valence electrons. The molecule has 0 radical (unpaired) electrons. The average Bonchev–Trinajstić information content (AvgIpc) is 3.14. The molecule has 1 fully saturated rings. The van der Waals surface area contributed by atoms with Crippen LogP contribution in [0.25, 0.3) is 0 Å². The van der Waals surface area contributed by atoms with Crippen LogP contribution < -0.4 is 0 Å². The molecule has 3 rings (SSSR count). The summed E-state index contributed by atoms with van der Waals surface area (Å²) < 4.78 is 7.09. The van der Waals surface area contributed by atoms with Gasteiger partial charge in [0.2, 0.25) is 0 Å². The Morgan fingerprint density at radius 1 is 1.38 bits per heavy atom. The van der Waals surface area contributed by atoms with E-state index in [1.807, 2.05) is 24.2 Å². The van der Waals surface area contributed by atoms with Crippen LogP contribution in [-0.4, -0.2) is 52.3 Å². The SMILES string of the molecule is CN(C)[C@@H]1CCN(Cc2ccoc2)[C@H]1Cc1cnn(C)c1. The van der Waals surface area contributed by atoms with Crippen molar-refractivity contribution in [3.63, 3.8) is 0 Å². The van der Waals surface area contributed by atoms with E-state index in [1.165, 1.54) is 17.5 Å². The Labute approximate surface area is 126 Å². The number of likely N-dealkylation sites (tertiary alicyclic amines) is 1. The Hall–Kier alpha value is -1.59. The molecule has 2 atom stereocenters. The Bertz CT molecular complexity index is 561. The molecule has 0 bridgehead atoms. The summed E-state index contributed by atoms with van der Waals surface area (Å²) in [4.78, 5) is 4.93. The average molecular weight is 288 g/mol. The van der Waals surface area contributed by atoms with Gasteiger partial charge >= 0.3 is 0 Å². The van der Waals surface area contributed by atoms with Gasteiger partial charge in [0.05, 0.1) is 18.7 Å². The van der Waals surface area contributed by atoms with Crippen LogP contribution >= 0.6 is 0 Å². The minimum atomic E-state index is 0.527. The van der Waals surface area contributed by atoms with Crippen molar-refractivity contribution in [2.24, 2.45) is 7.05 Å². The first-order chi connectivity index (χ1) is 10.1. The van der Waals surface area contributed by atoms with Crippen molar-refractivity contribution < 1.29 is 4.42 Å². The number of hydrogen-bond acceptors (Lipinski definition) is 4. The number of rotatable bonds is 5. The summed E-state index contributed by atoms with van der Waals surface area (Å²) in [6.07, 6.45) is 9.99. The Morgan fingerprint density at radius 3 is 2.86 bits per heavy atom. The molecule has 0 spiro atoms. The van der Waals surface area contributed by atoms with Crippen LogP contribution in [-0.2, 0) is 20.0 Å². The standard InChI is InChI=1S/C16H24N4O/c1-18(2)15-4-6-20(11-13-5-7-21-12-13)16(15)8-14-9-17-19(3)10-14/h5,7,9-10,12,15-16H,4,6,8,11H2,1-3H3/t15-,16+/m1/s1. The highest BCUT2D eigenvalue weighted by Gasteiger charge is 2.35. The quantitative estimate of drug-likeness (QED) is 0.840. The van der Waals surface area contributed by atoms with E-state index in [1.54, 1.807) is 6.26 Å². The van der Waals surface area contributed by atoms with E-state index in [0.717, 1.165) is 19.5 Å². The first kappa shape index (κ1) is 14.4. The molecule has 5 heteroatoms. The van der Waals surface area contributed by atoms with Crippen LogP contribution in [0, 0.1) is 0 Å². The molecule has 1 aliphatic rings. The van der Waals surface area contributed by atoms with E-state index < -0.39 is 0 Å². The molecular formula is C16H24N4O. The van der Waals surface area contributed by atoms with E-state index in [9.17, 15) is 0 Å². The van der Waals surface area contributed by atoms with Gasteiger partial charge in [-0.2, -0.15) is 5.10 Å². The van der Waals surface area contributed by atoms with Gasteiger partial charge in [-0.3, -0.25) is 9.58 Å². The zero-order valence-corrected chi connectivity index (χ0v) is 13.1. The van der Waals surface area contributed by atoms with Crippen molar-refractivity contribution in [1.29, 1.82) is 0 Å². The van der Waals surface area contributed by atoms with Gasteiger partial charge in [-0.05, 0) is 38.6 Å². The van der Waals surface area contributed by atoms with Crippen LogP contribution in [0.3, 0.4) is 0 Å². The number of likely N-dealkylation sites (N-methyl/N-ethyl adjacent to an activating group) is 1. The fourth-order valence-electron chi connectivity index (χ4n) is 3.40. The lowest BCUT2D eigenvalue weighted by Crippen LogP contribution is -2.43. The molecule has 21 heavy (non-hydrogen) atoms. The lowest BCUT2D eigenvalue weighted by Gasteiger charge is -2.31. The summed E-state index contributed by atoms with van der Waals surface area (Å²) in [5.41, 5.74) is 2.57. The second-order valence-corrected chi connectivity index (χ2v) is 6.22. The first-order valence-corrected chi connectivity index (χ1v) is 7.52. The normalized spacial score (nSPS) is 23.2. The zero-order chi connectivity index (χ0) is 14.8. The van der Waals surface area contributed by atoms with E-state index in [2.05, 4.69) is 41.3 Å². The molecule has 2 aromatic rings. The predicted octanol–water partition coefficient (Wildman–Crippen LogP) is 1.76. The summed E-state index contributed by atoms with van der Waals surface area (Å²) in [6.45, 7) is 2.10. The maximum Gasteiger partial charge on any atom is 0.0947 e. The first-order valence-electron chi connectivity index (χ1n) is 7.52. The topological polar surface area (TPSA) is 37.4 Å². The van der Waals surface area contributed by atoms with Crippen LogP contribution in [0.1, 0.15) is 17.5 Å². The van der Waals surface area contributed by atoms with Gasteiger partial charge in [0, 0.05) is 44.0 Å². The molecule has 0 amide bonds. The van der Waals surface area contributed by atoms with Gasteiger partial charge in [-0.15, -0.1) is 0 Å². The molecule has 0 aliphatic carbocycles. The Morgan fingerprint density at radius 2 is 2.24 bits per heavy atom. The molecule has 1 saturated heterocycles. The molecule has 0 N–H and O–H groups in total. The number of furan rings is 1. The fraction of sp³-hybridized carbons (Fsp3) is 0.562. The molecule has 1 aliphatic heterocycles. The van der Waals surface area contributed by atoms with E-state index in [-0.39, 0.29) is 0 Å². The summed E-state index contributed by atoms with van der Waals surface area (Å²) in [5, 5.41) is 4.30. The molecule has 0 unspecified atom stereocenters. The highest BCUT2D eigenvalue weighted by molar-refractivity contribution is 5.11. The minimum absolute atomic E-state index is 0.527. The second-order valence-electron chi connectivity index (χ2n) is 6.22. The minimum Gasteiger partial charge on any atom is -0.472 e. The number of aryl methyl sites for hydroxylation is 1. The van der Waals surface area contributed by atoms with Gasteiger partial charge in [0.1, 0.15) is 0 Å². The van der Waals surface area contributed by atoms with E-state index in [4.69, 9.17) is 4.42 Å². The van der Waals surface area contributed by atoms with E-state index >= 15 is 0 Å². The molecule has 0 saturated carbocycles. The van der Waals surface area contributed by atoms with Gasteiger partial charge in [0.15, 0.2) is 0 Å². The van der Waals surface area contributed by atoms with Crippen molar-refractivity contribution in [3.05, 3.63) is 42.1 Å². The molecule has 5 nitrogen and oxygen atoms in total. The maximum absolute atomic E-state index is 5.21. The second kappa shape index (κ2) is 6.03. The monoisotopic (exact) mass is 288 g/mol. The van der Waals surface area contributed by atoms with Gasteiger partial charge in [0.25, 0.3) is 0 Å². The number of nitrogens with zero attached hydrogens (tertiary/aromatic N) is 4. The fourth-order valence-corrected chi connectivity index (χ4v) is 3.40. The van der Waals surface area contributed by atoms with Crippen LogP contribution in [0.5, 0.6) is 0 Å². The van der Waals surface area contributed by atoms with Crippen LogP contribution in [0.15, 0.2) is 35.4 Å². The zero-order valence-electron chi connectivity index (χ0n) is 13.1. The highest BCUT2D eigenvalue weighted by atomic mass is 16.3. The highest BCUT2D eigenvalue weighted by Crippen LogP contribution is 2.26. The molecule has 3 heterocycles. The van der Waals surface area contributed by atoms with Crippen LogP contribution in [0.4, 0.5) is 0 Å². The van der Waals surface area contributed by atoms with E-state index in [0.29, 0.717) is 12.1 Å². The van der Waals surface area contributed by atoms with Crippen molar-refractivity contribution >= 4 is 0 Å². The van der Waals surface area contributed by atoms with Crippen molar-refractivity contribution in [2.75, 3.05) is 20.6 Å². The smallest absolute Gasteiger partial charge is 0.0947 e. The van der Waals surface area contributed by atoms with Crippen molar-refractivity contribution in [2.45, 2.75) is 31.5 Å². The predicted molar refractivity (Wildman–Crippen MR) is 81.9 cm³/mol. The Balaban J connectivity index is 1.75. The van der Waals surface area contributed by atoms with Gasteiger partial charge < -0.3 is 9.32 Å². The maximum atomic E-state index is 5.21. The molecule has 2 aromatic heterocycles. The Kier molecular flexibility index (Phi) is 4.12. The molecular weight excluding hydrogens is 264 g/mol. The lowest BCUT2D eigenvalue weighted by molar-refractivity contribution is 0.178.